The first-order valence-electron chi connectivity index (χ1n) is 6.14. The molecule has 0 spiro atoms. The van der Waals surface area contributed by atoms with Crippen LogP contribution in [0.15, 0.2) is 60.7 Å². The molecule has 0 aliphatic carbocycles. The van der Waals surface area contributed by atoms with Gasteiger partial charge in [0.2, 0.25) is 0 Å². The molecule has 94 valence electrons. The fourth-order valence-electron chi connectivity index (χ4n) is 2.05. The van der Waals surface area contributed by atoms with Crippen LogP contribution in [0, 0.1) is 12.7 Å². The van der Waals surface area contributed by atoms with Gasteiger partial charge >= 0.3 is 0 Å². The van der Waals surface area contributed by atoms with Gasteiger partial charge in [-0.1, -0.05) is 29.8 Å². The van der Waals surface area contributed by atoms with E-state index in [-0.39, 0.29) is 5.82 Å². The Kier molecular flexibility index (Phi) is 2.92. The number of benzene rings is 3. The summed E-state index contributed by atoms with van der Waals surface area (Å²) in [4.78, 5) is 0. The first-order valence-corrected chi connectivity index (χ1v) is 6.14. The zero-order chi connectivity index (χ0) is 13.2. The van der Waals surface area contributed by atoms with Crippen LogP contribution in [0.4, 0.5) is 4.39 Å². The van der Waals surface area contributed by atoms with Crippen molar-refractivity contribution in [2.75, 3.05) is 0 Å². The van der Waals surface area contributed by atoms with Crippen LogP contribution in [0.1, 0.15) is 5.56 Å². The van der Waals surface area contributed by atoms with Crippen molar-refractivity contribution in [3.8, 4) is 11.5 Å². The Morgan fingerprint density at radius 3 is 2.16 bits per heavy atom. The number of hydrogen-bond acceptors (Lipinski definition) is 1. The molecule has 1 nitrogen and oxygen atoms in total. The van der Waals surface area contributed by atoms with Crippen LogP contribution < -0.4 is 4.74 Å². The van der Waals surface area contributed by atoms with Gasteiger partial charge in [0, 0.05) is 0 Å². The lowest BCUT2D eigenvalue weighted by Crippen LogP contribution is -1.85. The fraction of sp³-hybridized carbons (Fsp3) is 0.0588. The maximum absolute atomic E-state index is 12.8. The van der Waals surface area contributed by atoms with Gasteiger partial charge in [-0.3, -0.25) is 0 Å². The Bertz CT molecular complexity index is 717. The number of aryl methyl sites for hydroxylation is 1. The molecule has 3 aromatic carbocycles. The van der Waals surface area contributed by atoms with Gasteiger partial charge in [-0.15, -0.1) is 0 Å². The lowest BCUT2D eigenvalue weighted by molar-refractivity contribution is 0.481. The molecular weight excluding hydrogens is 239 g/mol. The smallest absolute Gasteiger partial charge is 0.128 e. The predicted molar refractivity (Wildman–Crippen MR) is 75.2 cm³/mol. The topological polar surface area (TPSA) is 9.23 Å². The van der Waals surface area contributed by atoms with Gasteiger partial charge in [0.15, 0.2) is 0 Å². The molecule has 0 bridgehead atoms. The van der Waals surface area contributed by atoms with Crippen molar-refractivity contribution < 1.29 is 9.13 Å². The van der Waals surface area contributed by atoms with Crippen LogP contribution >= 0.6 is 0 Å². The molecule has 2 heteroatoms. The van der Waals surface area contributed by atoms with Gasteiger partial charge in [0.1, 0.15) is 17.3 Å². The lowest BCUT2D eigenvalue weighted by Gasteiger charge is -2.07. The monoisotopic (exact) mass is 252 g/mol. The highest BCUT2D eigenvalue weighted by molar-refractivity contribution is 5.84. The molecule has 0 aromatic heterocycles. The summed E-state index contributed by atoms with van der Waals surface area (Å²) in [5, 5.41) is 2.32. The quantitative estimate of drug-likeness (QED) is 0.618. The van der Waals surface area contributed by atoms with Gasteiger partial charge in [0.25, 0.3) is 0 Å². The Hall–Kier alpha value is -2.35. The van der Waals surface area contributed by atoms with E-state index in [2.05, 4.69) is 25.1 Å². The second-order valence-electron chi connectivity index (χ2n) is 4.57. The average Bonchev–Trinajstić information content (AvgIpc) is 2.42. The largest absolute Gasteiger partial charge is 0.457 e. The van der Waals surface area contributed by atoms with E-state index in [9.17, 15) is 4.39 Å². The summed E-state index contributed by atoms with van der Waals surface area (Å²) in [6, 6.07) is 18.2. The fourth-order valence-corrected chi connectivity index (χ4v) is 2.05. The molecule has 0 radical (unpaired) electrons. The molecule has 0 heterocycles. The van der Waals surface area contributed by atoms with E-state index in [1.807, 2.05) is 18.2 Å². The highest BCUT2D eigenvalue weighted by Gasteiger charge is 2.00. The molecule has 0 amide bonds. The van der Waals surface area contributed by atoms with Gasteiger partial charge in [-0.25, -0.2) is 4.39 Å². The Balaban J connectivity index is 1.93. The van der Waals surface area contributed by atoms with Crippen LogP contribution in [0.5, 0.6) is 11.5 Å². The molecule has 0 saturated carbocycles. The molecule has 0 saturated heterocycles. The van der Waals surface area contributed by atoms with Gasteiger partial charge in [-0.05, 0) is 54.1 Å². The Morgan fingerprint density at radius 1 is 0.737 bits per heavy atom. The van der Waals surface area contributed by atoms with Crippen molar-refractivity contribution in [1.82, 2.24) is 0 Å². The lowest BCUT2D eigenvalue weighted by atomic mass is 10.1. The summed E-state index contributed by atoms with van der Waals surface area (Å²) < 4.78 is 18.5. The zero-order valence-electron chi connectivity index (χ0n) is 10.6. The molecule has 0 atom stereocenters. The van der Waals surface area contributed by atoms with Gasteiger partial charge in [0.05, 0.1) is 0 Å². The molecule has 0 N–H and O–H groups in total. The maximum atomic E-state index is 12.8. The maximum Gasteiger partial charge on any atom is 0.128 e. The van der Waals surface area contributed by atoms with Crippen molar-refractivity contribution in [2.24, 2.45) is 0 Å². The minimum Gasteiger partial charge on any atom is -0.457 e. The summed E-state index contributed by atoms with van der Waals surface area (Å²) in [5.41, 5.74) is 1.24. The average molecular weight is 252 g/mol. The number of ether oxygens (including phenoxy) is 1. The van der Waals surface area contributed by atoms with E-state index in [4.69, 9.17) is 4.74 Å². The number of fused-ring (bicyclic) bond motifs is 1. The predicted octanol–water partition coefficient (Wildman–Crippen LogP) is 5.08. The molecule has 0 unspecified atom stereocenters. The van der Waals surface area contributed by atoms with Crippen LogP contribution in [0.3, 0.4) is 0 Å². The molecule has 3 aromatic rings. The van der Waals surface area contributed by atoms with E-state index in [0.29, 0.717) is 5.75 Å². The third-order valence-electron chi connectivity index (χ3n) is 3.02. The second kappa shape index (κ2) is 4.73. The van der Waals surface area contributed by atoms with E-state index in [0.717, 1.165) is 11.1 Å². The van der Waals surface area contributed by atoms with Gasteiger partial charge < -0.3 is 4.74 Å². The number of hydrogen-bond donors (Lipinski definition) is 0. The third-order valence-corrected chi connectivity index (χ3v) is 3.02. The second-order valence-corrected chi connectivity index (χ2v) is 4.57. The number of rotatable bonds is 2. The first kappa shape index (κ1) is 11.7. The summed E-state index contributed by atoms with van der Waals surface area (Å²) in [7, 11) is 0. The molecule has 0 aliphatic heterocycles. The minimum absolute atomic E-state index is 0.263. The van der Waals surface area contributed by atoms with Crippen molar-refractivity contribution in [3.63, 3.8) is 0 Å². The SMILES string of the molecule is Cc1ccc2cc(Oc3ccc(F)cc3)ccc2c1. The van der Waals surface area contributed by atoms with Crippen LogP contribution in [-0.2, 0) is 0 Å². The summed E-state index contributed by atoms with van der Waals surface area (Å²) >= 11 is 0. The zero-order valence-corrected chi connectivity index (χ0v) is 10.6. The molecule has 0 aliphatic rings. The van der Waals surface area contributed by atoms with Gasteiger partial charge in [-0.2, -0.15) is 0 Å². The summed E-state index contributed by atoms with van der Waals surface area (Å²) in [5.74, 6) is 1.12. The summed E-state index contributed by atoms with van der Waals surface area (Å²) in [6.45, 7) is 2.07. The third kappa shape index (κ3) is 2.58. The normalized spacial score (nSPS) is 10.6. The van der Waals surface area contributed by atoms with Crippen molar-refractivity contribution >= 4 is 10.8 Å². The van der Waals surface area contributed by atoms with Crippen molar-refractivity contribution in [3.05, 3.63) is 72.0 Å². The Labute approximate surface area is 111 Å². The van der Waals surface area contributed by atoms with Crippen LogP contribution in [-0.4, -0.2) is 0 Å². The van der Waals surface area contributed by atoms with Crippen molar-refractivity contribution in [1.29, 1.82) is 0 Å². The standard InChI is InChI=1S/C17H13FO/c1-12-2-3-14-11-17(7-4-13(14)10-12)19-16-8-5-15(18)6-9-16/h2-11H,1H3. The minimum atomic E-state index is -0.263. The Morgan fingerprint density at radius 2 is 1.37 bits per heavy atom. The molecular formula is C17H13FO. The number of halogens is 1. The molecule has 19 heavy (non-hydrogen) atoms. The van der Waals surface area contributed by atoms with E-state index in [1.54, 1.807) is 12.1 Å². The van der Waals surface area contributed by atoms with E-state index >= 15 is 0 Å². The molecule has 3 rings (SSSR count). The van der Waals surface area contributed by atoms with Crippen LogP contribution in [0.2, 0.25) is 0 Å². The summed E-state index contributed by atoms with van der Waals surface area (Å²) in [6.07, 6.45) is 0. The van der Waals surface area contributed by atoms with Crippen molar-refractivity contribution in [2.45, 2.75) is 6.92 Å². The highest BCUT2D eigenvalue weighted by atomic mass is 19.1. The highest BCUT2D eigenvalue weighted by Crippen LogP contribution is 2.26. The van der Waals surface area contributed by atoms with E-state index in [1.165, 1.54) is 23.1 Å². The van der Waals surface area contributed by atoms with E-state index < -0.39 is 0 Å². The van der Waals surface area contributed by atoms with Crippen LogP contribution in [0.25, 0.3) is 10.8 Å². The molecule has 0 fully saturated rings. The first-order chi connectivity index (χ1) is 9.20.